The summed E-state index contributed by atoms with van der Waals surface area (Å²) in [6.45, 7) is 2.32. The molecule has 0 fully saturated rings. The first-order valence-electron chi connectivity index (χ1n) is 7.24. The number of nitrogen functional groups attached to an aromatic ring is 1. The Morgan fingerprint density at radius 3 is 2.62 bits per heavy atom. The molecule has 0 bridgehead atoms. The minimum absolute atomic E-state index is 0.292. The smallest absolute Gasteiger partial charge is 0.338 e. The van der Waals surface area contributed by atoms with Gasteiger partial charge in [0.05, 0.1) is 12.2 Å². The second-order valence-corrected chi connectivity index (χ2v) is 5.15. The number of carbonyl (C=O) groups is 1. The van der Waals surface area contributed by atoms with Crippen LogP contribution >= 0.6 is 0 Å². The summed E-state index contributed by atoms with van der Waals surface area (Å²) in [5, 5.41) is 0. The van der Waals surface area contributed by atoms with Crippen LogP contribution in [0.3, 0.4) is 0 Å². The highest BCUT2D eigenvalue weighted by molar-refractivity contribution is 5.92. The maximum Gasteiger partial charge on any atom is 0.338 e. The molecule has 110 valence electrons. The highest BCUT2D eigenvalue weighted by atomic mass is 16.5. The summed E-state index contributed by atoms with van der Waals surface area (Å²) in [4.78, 5) is 12.0. The molecule has 0 saturated heterocycles. The van der Waals surface area contributed by atoms with E-state index in [1.165, 1.54) is 5.56 Å². The first-order chi connectivity index (χ1) is 10.2. The number of rotatable bonds is 6. The zero-order chi connectivity index (χ0) is 15.1. The third-order valence-corrected chi connectivity index (χ3v) is 3.42. The van der Waals surface area contributed by atoms with Gasteiger partial charge in [0.25, 0.3) is 0 Å². The zero-order valence-electron chi connectivity index (χ0n) is 12.3. The summed E-state index contributed by atoms with van der Waals surface area (Å²) in [5.41, 5.74) is 9.04. The van der Waals surface area contributed by atoms with Gasteiger partial charge in [-0.2, -0.15) is 0 Å². The van der Waals surface area contributed by atoms with Crippen LogP contribution in [-0.4, -0.2) is 12.6 Å². The molecule has 3 heteroatoms. The highest BCUT2D eigenvalue weighted by Crippen LogP contribution is 2.14. The summed E-state index contributed by atoms with van der Waals surface area (Å²) in [7, 11) is 0. The minimum Gasteiger partial charge on any atom is -0.462 e. The van der Waals surface area contributed by atoms with Gasteiger partial charge in [-0.3, -0.25) is 0 Å². The van der Waals surface area contributed by atoms with Crippen LogP contribution in [0.25, 0.3) is 0 Å². The molecule has 0 amide bonds. The molecule has 0 heterocycles. The van der Waals surface area contributed by atoms with Crippen LogP contribution in [0.15, 0.2) is 48.5 Å². The minimum atomic E-state index is -0.292. The van der Waals surface area contributed by atoms with Gasteiger partial charge in [-0.15, -0.1) is 0 Å². The number of hydrogen-bond donors (Lipinski definition) is 1. The largest absolute Gasteiger partial charge is 0.462 e. The molecule has 0 aliphatic heterocycles. The van der Waals surface area contributed by atoms with Crippen molar-refractivity contribution in [3.8, 4) is 0 Å². The molecule has 2 N–H and O–H groups in total. The van der Waals surface area contributed by atoms with E-state index in [0.29, 0.717) is 17.9 Å². The number of anilines is 1. The first-order valence-corrected chi connectivity index (χ1v) is 7.24. The number of carbonyl (C=O) groups excluding carboxylic acids is 1. The van der Waals surface area contributed by atoms with E-state index < -0.39 is 0 Å². The van der Waals surface area contributed by atoms with Gasteiger partial charge in [0, 0.05) is 5.69 Å². The van der Waals surface area contributed by atoms with Gasteiger partial charge in [0.15, 0.2) is 0 Å². The molecule has 2 aromatic rings. The van der Waals surface area contributed by atoms with Crippen molar-refractivity contribution in [3.63, 3.8) is 0 Å². The average Bonchev–Trinajstić information content (AvgIpc) is 2.50. The van der Waals surface area contributed by atoms with Crippen LogP contribution in [0.4, 0.5) is 5.69 Å². The fourth-order valence-corrected chi connectivity index (χ4v) is 2.18. The van der Waals surface area contributed by atoms with E-state index in [9.17, 15) is 4.79 Å². The van der Waals surface area contributed by atoms with Crippen LogP contribution in [-0.2, 0) is 11.2 Å². The maximum absolute atomic E-state index is 12.0. The molecule has 0 aromatic heterocycles. The molecule has 21 heavy (non-hydrogen) atoms. The average molecular weight is 283 g/mol. The number of aryl methyl sites for hydroxylation is 2. The number of nitrogens with two attached hydrogens (primary N) is 1. The van der Waals surface area contributed by atoms with Gasteiger partial charge >= 0.3 is 5.97 Å². The number of unbranched alkanes of at least 4 members (excludes halogenated alkanes) is 1. The molecule has 2 rings (SSSR count). The summed E-state index contributed by atoms with van der Waals surface area (Å²) in [5.74, 6) is -0.292. The van der Waals surface area contributed by atoms with Crippen molar-refractivity contribution in [1.82, 2.24) is 0 Å². The third-order valence-electron chi connectivity index (χ3n) is 3.42. The standard InChI is InChI=1S/C18H21NO2/c1-14-10-11-16(19)13-17(14)18(20)21-12-6-5-9-15-7-3-2-4-8-15/h2-4,7-8,10-11,13H,5-6,9,12,19H2,1H3. The Hall–Kier alpha value is -2.29. The van der Waals surface area contributed by atoms with Crippen LogP contribution < -0.4 is 5.73 Å². The van der Waals surface area contributed by atoms with E-state index in [1.54, 1.807) is 12.1 Å². The van der Waals surface area contributed by atoms with E-state index in [1.807, 2.05) is 31.2 Å². The summed E-state index contributed by atoms with van der Waals surface area (Å²) in [6.07, 6.45) is 2.88. The Balaban J connectivity index is 1.73. The molecule has 3 nitrogen and oxygen atoms in total. The zero-order valence-corrected chi connectivity index (χ0v) is 12.3. The van der Waals surface area contributed by atoms with Crippen molar-refractivity contribution in [2.45, 2.75) is 26.2 Å². The topological polar surface area (TPSA) is 52.3 Å². The summed E-state index contributed by atoms with van der Waals surface area (Å²) < 4.78 is 5.31. The second kappa shape index (κ2) is 7.48. The van der Waals surface area contributed by atoms with Crippen LogP contribution in [0.5, 0.6) is 0 Å². The molecule has 0 aliphatic rings. The lowest BCUT2D eigenvalue weighted by Crippen LogP contribution is -2.09. The Labute approximate surface area is 125 Å². The van der Waals surface area contributed by atoms with Crippen LogP contribution in [0.1, 0.15) is 34.3 Å². The Bertz CT molecular complexity index is 593. The molecular formula is C18H21NO2. The molecular weight excluding hydrogens is 262 g/mol. The van der Waals surface area contributed by atoms with Crippen molar-refractivity contribution in [3.05, 3.63) is 65.2 Å². The first kappa shape index (κ1) is 15.1. The molecule has 0 aliphatic carbocycles. The van der Waals surface area contributed by atoms with Crippen LogP contribution in [0.2, 0.25) is 0 Å². The molecule has 0 radical (unpaired) electrons. The van der Waals surface area contributed by atoms with Gasteiger partial charge in [0.2, 0.25) is 0 Å². The predicted molar refractivity (Wildman–Crippen MR) is 85.3 cm³/mol. The fourth-order valence-electron chi connectivity index (χ4n) is 2.18. The third kappa shape index (κ3) is 4.63. The molecule has 0 atom stereocenters. The van der Waals surface area contributed by atoms with E-state index in [-0.39, 0.29) is 5.97 Å². The number of hydrogen-bond acceptors (Lipinski definition) is 3. The highest BCUT2D eigenvalue weighted by Gasteiger charge is 2.10. The van der Waals surface area contributed by atoms with Crippen molar-refractivity contribution in [2.75, 3.05) is 12.3 Å². The quantitative estimate of drug-likeness (QED) is 0.499. The van der Waals surface area contributed by atoms with Crippen molar-refractivity contribution in [2.24, 2.45) is 0 Å². The molecule has 2 aromatic carbocycles. The van der Waals surface area contributed by atoms with Gasteiger partial charge in [0.1, 0.15) is 0 Å². The summed E-state index contributed by atoms with van der Waals surface area (Å²) >= 11 is 0. The Morgan fingerprint density at radius 2 is 1.86 bits per heavy atom. The van der Waals surface area contributed by atoms with E-state index in [4.69, 9.17) is 10.5 Å². The second-order valence-electron chi connectivity index (χ2n) is 5.15. The fraction of sp³-hybridized carbons (Fsp3) is 0.278. The summed E-state index contributed by atoms with van der Waals surface area (Å²) in [6, 6.07) is 15.6. The maximum atomic E-state index is 12.0. The van der Waals surface area contributed by atoms with Crippen molar-refractivity contribution in [1.29, 1.82) is 0 Å². The monoisotopic (exact) mass is 283 g/mol. The predicted octanol–water partition coefficient (Wildman–Crippen LogP) is 3.76. The van der Waals surface area contributed by atoms with Gasteiger partial charge in [-0.25, -0.2) is 4.79 Å². The van der Waals surface area contributed by atoms with Crippen molar-refractivity contribution < 1.29 is 9.53 Å². The lowest BCUT2D eigenvalue weighted by Gasteiger charge is -2.08. The van der Waals surface area contributed by atoms with E-state index in [0.717, 1.165) is 24.8 Å². The SMILES string of the molecule is Cc1ccc(N)cc1C(=O)OCCCCc1ccccc1. The van der Waals surface area contributed by atoms with Gasteiger partial charge in [-0.1, -0.05) is 36.4 Å². The molecule has 0 unspecified atom stereocenters. The van der Waals surface area contributed by atoms with E-state index in [2.05, 4.69) is 12.1 Å². The van der Waals surface area contributed by atoms with E-state index >= 15 is 0 Å². The Kier molecular flexibility index (Phi) is 5.38. The van der Waals surface area contributed by atoms with Crippen molar-refractivity contribution >= 4 is 11.7 Å². The van der Waals surface area contributed by atoms with Crippen LogP contribution in [0, 0.1) is 6.92 Å². The lowest BCUT2D eigenvalue weighted by atomic mass is 10.1. The molecule has 0 spiro atoms. The number of ether oxygens (including phenoxy) is 1. The Morgan fingerprint density at radius 1 is 1.10 bits per heavy atom. The number of benzene rings is 2. The normalized spacial score (nSPS) is 10.3. The van der Waals surface area contributed by atoms with Gasteiger partial charge in [-0.05, 0) is 49.4 Å². The molecule has 0 saturated carbocycles. The lowest BCUT2D eigenvalue weighted by molar-refractivity contribution is 0.0497. The van der Waals surface area contributed by atoms with Gasteiger partial charge < -0.3 is 10.5 Å². The number of esters is 1.